The van der Waals surface area contributed by atoms with Crippen molar-refractivity contribution in [2.75, 3.05) is 26.4 Å². The van der Waals surface area contributed by atoms with Crippen molar-refractivity contribution in [3.8, 4) is 25.0 Å². The summed E-state index contributed by atoms with van der Waals surface area (Å²) in [5, 5.41) is 33.8. The Kier molecular flexibility index (Phi) is 16.1. The van der Waals surface area contributed by atoms with Crippen molar-refractivity contribution >= 4 is 11.9 Å². The molecular formula is C18H22N4O8. The summed E-state index contributed by atoms with van der Waals surface area (Å²) in [5.74, 6) is -1.59. The van der Waals surface area contributed by atoms with E-state index in [9.17, 15) is 9.59 Å². The van der Waals surface area contributed by atoms with Gasteiger partial charge in [-0.15, -0.1) is 0 Å². The Morgan fingerprint density at radius 1 is 0.600 bits per heavy atom. The first kappa shape index (κ1) is 26.1. The molecule has 0 aliphatic carbocycles. The number of hydrogen-bond donors (Lipinski definition) is 0. The van der Waals surface area contributed by atoms with Gasteiger partial charge in [0.25, 0.3) is 25.0 Å². The van der Waals surface area contributed by atoms with Crippen LogP contribution in [-0.4, -0.2) is 50.6 Å². The highest BCUT2D eigenvalue weighted by atomic mass is 16.6. The molecule has 0 aromatic carbocycles. The molecule has 0 aromatic rings. The van der Waals surface area contributed by atoms with Crippen LogP contribution in [0, 0.1) is 46.1 Å². The first-order valence-electron chi connectivity index (χ1n) is 9.05. The van der Waals surface area contributed by atoms with E-state index in [1.807, 2.05) is 0 Å². The van der Waals surface area contributed by atoms with Crippen molar-refractivity contribution in [2.24, 2.45) is 0 Å². The van der Waals surface area contributed by atoms with Crippen LogP contribution >= 0.6 is 0 Å². The van der Waals surface area contributed by atoms with Crippen molar-refractivity contribution in [3.63, 3.8) is 0 Å². The minimum Gasteiger partial charge on any atom is -0.459 e. The Bertz CT molecular complexity index is 616. The van der Waals surface area contributed by atoms with E-state index >= 15 is 0 Å². The Morgan fingerprint density at radius 2 is 1.00 bits per heavy atom. The smallest absolute Gasteiger partial charge is 0.348 e. The Balaban J connectivity index is 4.21. The maximum absolute atomic E-state index is 11.9. The summed E-state index contributed by atoms with van der Waals surface area (Å²) >= 11 is 0. The summed E-state index contributed by atoms with van der Waals surface area (Å²) in [6.07, 6.45) is 5.96. The van der Waals surface area contributed by atoms with E-state index in [1.54, 1.807) is 0 Å². The van der Waals surface area contributed by atoms with Gasteiger partial charge >= 0.3 is 11.9 Å². The molecule has 12 nitrogen and oxygen atoms in total. The second kappa shape index (κ2) is 18.5. The lowest BCUT2D eigenvalue weighted by atomic mass is 10.1. The van der Waals surface area contributed by atoms with Gasteiger partial charge in [0.15, 0.2) is 0 Å². The van der Waals surface area contributed by atoms with Gasteiger partial charge in [0.05, 0.1) is 0 Å². The molecule has 0 fully saturated rings. The fourth-order valence-corrected chi connectivity index (χ4v) is 2.15. The molecule has 0 saturated heterocycles. The standard InChI is InChI=1S/C18H22N4O8/c19-11-25-7-3-1-5-15(29-13-21)17(23)27-9-10-28-18(24)16(30-14-22)6-2-4-8-26-12-20/h15-16H,1-10H2. The van der Waals surface area contributed by atoms with Gasteiger partial charge in [0.1, 0.15) is 26.4 Å². The summed E-state index contributed by atoms with van der Waals surface area (Å²) in [6, 6.07) is 0. The molecule has 0 spiro atoms. The van der Waals surface area contributed by atoms with Crippen LogP contribution in [0.5, 0.6) is 0 Å². The lowest BCUT2D eigenvalue weighted by Gasteiger charge is -2.15. The second-order valence-corrected chi connectivity index (χ2v) is 5.60. The zero-order valence-electron chi connectivity index (χ0n) is 16.3. The predicted molar refractivity (Wildman–Crippen MR) is 93.7 cm³/mol. The molecule has 162 valence electrons. The topological polar surface area (TPSA) is 185 Å². The van der Waals surface area contributed by atoms with Crippen molar-refractivity contribution in [2.45, 2.75) is 50.7 Å². The van der Waals surface area contributed by atoms with Gasteiger partial charge in [-0.2, -0.15) is 21.0 Å². The van der Waals surface area contributed by atoms with Crippen molar-refractivity contribution in [3.05, 3.63) is 0 Å². The summed E-state index contributed by atoms with van der Waals surface area (Å²) in [7, 11) is 0. The quantitative estimate of drug-likeness (QED) is 0.185. The first-order valence-corrected chi connectivity index (χ1v) is 9.05. The number of carbonyl (C=O) groups excluding carboxylic acids is 2. The zero-order valence-corrected chi connectivity index (χ0v) is 16.3. The van der Waals surface area contributed by atoms with E-state index in [1.165, 1.54) is 25.0 Å². The van der Waals surface area contributed by atoms with E-state index in [0.717, 1.165) is 0 Å². The molecule has 30 heavy (non-hydrogen) atoms. The van der Waals surface area contributed by atoms with Gasteiger partial charge in [0.2, 0.25) is 12.2 Å². The highest BCUT2D eigenvalue weighted by molar-refractivity contribution is 5.75. The summed E-state index contributed by atoms with van der Waals surface area (Å²) in [6.45, 7) is -0.165. The molecule has 12 heteroatoms. The van der Waals surface area contributed by atoms with Gasteiger partial charge < -0.3 is 28.4 Å². The Labute approximate surface area is 174 Å². The highest BCUT2D eigenvalue weighted by Crippen LogP contribution is 2.09. The molecule has 2 unspecified atom stereocenters. The molecule has 0 saturated carbocycles. The van der Waals surface area contributed by atoms with E-state index < -0.39 is 24.1 Å². The monoisotopic (exact) mass is 422 g/mol. The van der Waals surface area contributed by atoms with Crippen LogP contribution in [0.15, 0.2) is 0 Å². The van der Waals surface area contributed by atoms with Crippen LogP contribution in [-0.2, 0) is 38.0 Å². The SMILES string of the molecule is N#COCCCCC(OC#N)C(=O)OCCOC(=O)C(CCCCOC#N)OC#N. The number of hydrogen-bond acceptors (Lipinski definition) is 12. The van der Waals surface area contributed by atoms with Gasteiger partial charge in [-0.05, 0) is 38.5 Å². The van der Waals surface area contributed by atoms with Gasteiger partial charge in [0, 0.05) is 0 Å². The van der Waals surface area contributed by atoms with Crippen molar-refractivity contribution in [1.82, 2.24) is 0 Å². The third-order valence-corrected chi connectivity index (χ3v) is 3.54. The largest absolute Gasteiger partial charge is 0.459 e. The third-order valence-electron chi connectivity index (χ3n) is 3.54. The van der Waals surface area contributed by atoms with Crippen LogP contribution < -0.4 is 0 Å². The van der Waals surface area contributed by atoms with Gasteiger partial charge in [-0.3, -0.25) is 0 Å². The fraction of sp³-hybridized carbons (Fsp3) is 0.667. The molecule has 0 radical (unpaired) electrons. The molecule has 0 aliphatic rings. The van der Waals surface area contributed by atoms with Crippen LogP contribution in [0.1, 0.15) is 38.5 Å². The molecular weight excluding hydrogens is 400 g/mol. The average Bonchev–Trinajstić information content (AvgIpc) is 2.74. The number of unbranched alkanes of at least 4 members (excludes halogenated alkanes) is 2. The number of esters is 2. The van der Waals surface area contributed by atoms with E-state index in [0.29, 0.717) is 25.7 Å². The number of nitriles is 4. The Morgan fingerprint density at radius 3 is 1.33 bits per heavy atom. The lowest BCUT2D eigenvalue weighted by Crippen LogP contribution is -2.29. The van der Waals surface area contributed by atoms with Crippen molar-refractivity contribution in [1.29, 1.82) is 21.0 Å². The Hall–Kier alpha value is -3.90. The van der Waals surface area contributed by atoms with Crippen molar-refractivity contribution < 1.29 is 38.0 Å². The van der Waals surface area contributed by atoms with E-state index in [-0.39, 0.29) is 39.3 Å². The number of carbonyl (C=O) groups is 2. The highest BCUT2D eigenvalue weighted by Gasteiger charge is 2.23. The second-order valence-electron chi connectivity index (χ2n) is 5.60. The molecule has 0 amide bonds. The van der Waals surface area contributed by atoms with Gasteiger partial charge in [-0.1, -0.05) is 0 Å². The van der Waals surface area contributed by atoms with Crippen LogP contribution in [0.25, 0.3) is 0 Å². The number of rotatable bonds is 17. The maximum Gasteiger partial charge on any atom is 0.348 e. The zero-order chi connectivity index (χ0) is 22.5. The van der Waals surface area contributed by atoms with Crippen LogP contribution in [0.4, 0.5) is 0 Å². The molecule has 0 aromatic heterocycles. The summed E-state index contributed by atoms with van der Waals surface area (Å²) in [5.41, 5.74) is 0. The van der Waals surface area contributed by atoms with Crippen LogP contribution in [0.3, 0.4) is 0 Å². The van der Waals surface area contributed by atoms with Gasteiger partial charge in [-0.25, -0.2) is 9.59 Å². The lowest BCUT2D eigenvalue weighted by molar-refractivity contribution is -0.162. The first-order chi connectivity index (χ1) is 14.6. The van der Waals surface area contributed by atoms with E-state index in [2.05, 4.69) is 18.9 Å². The summed E-state index contributed by atoms with van der Waals surface area (Å²) < 4.78 is 28.2. The predicted octanol–water partition coefficient (Wildman–Crippen LogP) is 1.14. The molecule has 0 N–H and O–H groups in total. The van der Waals surface area contributed by atoms with E-state index in [4.69, 9.17) is 30.5 Å². The molecule has 0 rings (SSSR count). The molecule has 0 bridgehead atoms. The fourth-order valence-electron chi connectivity index (χ4n) is 2.15. The molecule has 0 aliphatic heterocycles. The minimum absolute atomic E-state index is 0.189. The van der Waals surface area contributed by atoms with Crippen LogP contribution in [0.2, 0.25) is 0 Å². The minimum atomic E-state index is -1.11. The number of ether oxygens (including phenoxy) is 6. The summed E-state index contributed by atoms with van der Waals surface area (Å²) in [4.78, 5) is 23.9. The normalized spacial score (nSPS) is 11.2. The molecule has 0 heterocycles. The average molecular weight is 422 g/mol. The maximum atomic E-state index is 11.9. The number of nitrogens with zero attached hydrogens (tertiary/aromatic N) is 4. The third kappa shape index (κ3) is 13.3. The molecule has 2 atom stereocenters.